The molecule has 3 heteroatoms. The van der Waals surface area contributed by atoms with Crippen LogP contribution < -0.4 is 5.32 Å². The Kier molecular flexibility index (Phi) is 5.54. The molecule has 1 fully saturated rings. The van der Waals surface area contributed by atoms with Gasteiger partial charge in [-0.15, -0.1) is 11.8 Å². The molecule has 1 atom stereocenters. The van der Waals surface area contributed by atoms with Crippen LogP contribution in [-0.4, -0.2) is 31.1 Å². The fourth-order valence-electron chi connectivity index (χ4n) is 2.15. The van der Waals surface area contributed by atoms with Gasteiger partial charge in [0.15, 0.2) is 0 Å². The molecule has 1 saturated heterocycles. The number of hydrogen-bond acceptors (Lipinski definition) is 3. The number of nitrogens with one attached hydrogen (secondary N) is 1. The number of thioether (sulfide) groups is 1. The molecule has 0 saturated carbocycles. The third-order valence-electron chi connectivity index (χ3n) is 3.08. The van der Waals surface area contributed by atoms with Crippen molar-refractivity contribution in [3.8, 4) is 0 Å². The largest absolute Gasteiger partial charge is 0.379 e. The predicted octanol–water partition coefficient (Wildman–Crippen LogP) is 3.11. The van der Waals surface area contributed by atoms with E-state index in [-0.39, 0.29) is 0 Å². The highest BCUT2D eigenvalue weighted by Gasteiger charge is 2.12. The van der Waals surface area contributed by atoms with Crippen LogP contribution in [0.2, 0.25) is 0 Å². The molecular formula is C15H23NOS. The molecule has 1 N–H and O–H groups in total. The highest BCUT2D eigenvalue weighted by Crippen LogP contribution is 2.23. The van der Waals surface area contributed by atoms with Crippen molar-refractivity contribution in [2.45, 2.75) is 42.9 Å². The number of hydrogen-bond donors (Lipinski definition) is 1. The van der Waals surface area contributed by atoms with Gasteiger partial charge in [0.2, 0.25) is 0 Å². The maximum atomic E-state index is 5.47. The van der Waals surface area contributed by atoms with Gasteiger partial charge in [0.1, 0.15) is 0 Å². The topological polar surface area (TPSA) is 21.3 Å². The molecule has 18 heavy (non-hydrogen) atoms. The molecule has 1 heterocycles. The van der Waals surface area contributed by atoms with Crippen molar-refractivity contribution in [3.05, 3.63) is 29.8 Å². The van der Waals surface area contributed by atoms with E-state index in [1.54, 1.807) is 0 Å². The average molecular weight is 265 g/mol. The number of rotatable bonds is 5. The van der Waals surface area contributed by atoms with Gasteiger partial charge in [-0.25, -0.2) is 0 Å². The molecule has 0 spiro atoms. The van der Waals surface area contributed by atoms with Crippen molar-refractivity contribution in [1.29, 1.82) is 0 Å². The summed E-state index contributed by atoms with van der Waals surface area (Å²) in [5.74, 6) is 0. The minimum Gasteiger partial charge on any atom is -0.379 e. The first-order valence-electron chi connectivity index (χ1n) is 6.81. The van der Waals surface area contributed by atoms with Crippen molar-refractivity contribution in [2.24, 2.45) is 0 Å². The summed E-state index contributed by atoms with van der Waals surface area (Å²) in [7, 11) is 0. The molecule has 2 nitrogen and oxygen atoms in total. The lowest BCUT2D eigenvalue weighted by molar-refractivity contribution is 0.0743. The number of aryl methyl sites for hydroxylation is 1. The molecule has 0 aliphatic carbocycles. The van der Waals surface area contributed by atoms with E-state index in [9.17, 15) is 0 Å². The van der Waals surface area contributed by atoms with Gasteiger partial charge in [-0.2, -0.15) is 0 Å². The van der Waals surface area contributed by atoms with Crippen LogP contribution in [0.15, 0.2) is 29.2 Å². The van der Waals surface area contributed by atoms with Crippen molar-refractivity contribution in [3.63, 3.8) is 0 Å². The van der Waals surface area contributed by atoms with E-state index in [0.717, 1.165) is 32.6 Å². The molecule has 0 radical (unpaired) electrons. The van der Waals surface area contributed by atoms with Crippen LogP contribution >= 0.6 is 11.8 Å². The van der Waals surface area contributed by atoms with Gasteiger partial charge in [0.25, 0.3) is 0 Å². The molecule has 0 aromatic heterocycles. The Balaban J connectivity index is 1.78. The minimum absolute atomic E-state index is 0.531. The smallest absolute Gasteiger partial charge is 0.0620 e. The van der Waals surface area contributed by atoms with Crippen LogP contribution in [0.25, 0.3) is 0 Å². The third-order valence-corrected chi connectivity index (χ3v) is 4.09. The maximum absolute atomic E-state index is 5.47. The first-order chi connectivity index (χ1) is 8.74. The fourth-order valence-corrected chi connectivity index (χ4v) is 2.99. The Morgan fingerprint density at radius 3 is 2.72 bits per heavy atom. The van der Waals surface area contributed by atoms with Crippen LogP contribution in [-0.2, 0) is 11.2 Å². The van der Waals surface area contributed by atoms with E-state index >= 15 is 0 Å². The molecular weight excluding hydrogens is 242 g/mol. The van der Waals surface area contributed by atoms with Gasteiger partial charge in [0.05, 0.1) is 13.2 Å². The number of ether oxygens (including phenoxy) is 1. The van der Waals surface area contributed by atoms with E-state index in [1.807, 2.05) is 11.8 Å². The molecule has 0 amide bonds. The lowest BCUT2D eigenvalue weighted by Gasteiger charge is -2.23. The lowest BCUT2D eigenvalue weighted by Crippen LogP contribution is -2.41. The van der Waals surface area contributed by atoms with E-state index in [0.29, 0.717) is 11.3 Å². The highest BCUT2D eigenvalue weighted by molar-refractivity contribution is 7.99. The lowest BCUT2D eigenvalue weighted by atomic mass is 10.1. The normalized spacial score (nSPS) is 20.3. The van der Waals surface area contributed by atoms with Gasteiger partial charge in [0, 0.05) is 22.7 Å². The number of benzene rings is 1. The highest BCUT2D eigenvalue weighted by atomic mass is 32.2. The monoisotopic (exact) mass is 265 g/mol. The summed E-state index contributed by atoms with van der Waals surface area (Å²) < 4.78 is 5.47. The third kappa shape index (κ3) is 4.63. The summed E-state index contributed by atoms with van der Waals surface area (Å²) in [6.07, 6.45) is 2.30. The van der Waals surface area contributed by atoms with Crippen LogP contribution in [0.1, 0.15) is 25.8 Å². The van der Waals surface area contributed by atoms with Crippen LogP contribution in [0.3, 0.4) is 0 Å². The van der Waals surface area contributed by atoms with Gasteiger partial charge in [-0.05, 0) is 30.5 Å². The summed E-state index contributed by atoms with van der Waals surface area (Å²) in [5.41, 5.74) is 1.43. The minimum atomic E-state index is 0.531. The summed E-state index contributed by atoms with van der Waals surface area (Å²) in [6.45, 7) is 7.17. The zero-order chi connectivity index (χ0) is 12.8. The van der Waals surface area contributed by atoms with E-state index in [1.165, 1.54) is 10.5 Å². The van der Waals surface area contributed by atoms with Crippen molar-refractivity contribution in [2.75, 3.05) is 19.8 Å². The second-order valence-corrected chi connectivity index (χ2v) is 6.73. The van der Waals surface area contributed by atoms with Crippen molar-refractivity contribution < 1.29 is 4.74 Å². The second-order valence-electron chi connectivity index (χ2n) is 5.08. The first-order valence-corrected chi connectivity index (χ1v) is 7.69. The Morgan fingerprint density at radius 2 is 2.11 bits per heavy atom. The van der Waals surface area contributed by atoms with Crippen molar-refractivity contribution >= 4 is 11.8 Å². The standard InChI is InChI=1S/C15H23NOS/c1-12(2)18-15-7-4-13(5-8-15)3-6-14-11-17-10-9-16-14/h4-5,7-8,12,14,16H,3,6,9-11H2,1-2H3. The van der Waals surface area contributed by atoms with E-state index < -0.39 is 0 Å². The Labute approximate surface area is 114 Å². The predicted molar refractivity (Wildman–Crippen MR) is 78.4 cm³/mol. The van der Waals surface area contributed by atoms with E-state index in [4.69, 9.17) is 4.74 Å². The van der Waals surface area contributed by atoms with Crippen LogP contribution in [0, 0.1) is 0 Å². The molecule has 100 valence electrons. The summed E-state index contributed by atoms with van der Waals surface area (Å²) in [5, 5.41) is 4.15. The van der Waals surface area contributed by atoms with Crippen molar-refractivity contribution in [1.82, 2.24) is 5.32 Å². The van der Waals surface area contributed by atoms with Gasteiger partial charge in [-0.1, -0.05) is 26.0 Å². The molecule has 1 aromatic rings. The molecule has 1 aromatic carbocycles. The molecule has 1 unspecified atom stereocenters. The number of morpholine rings is 1. The zero-order valence-electron chi connectivity index (χ0n) is 11.3. The van der Waals surface area contributed by atoms with Gasteiger partial charge >= 0.3 is 0 Å². The molecule has 1 aliphatic rings. The Hall–Kier alpha value is -0.510. The zero-order valence-corrected chi connectivity index (χ0v) is 12.1. The molecule has 0 bridgehead atoms. The summed E-state index contributed by atoms with van der Waals surface area (Å²) >= 11 is 1.92. The second kappa shape index (κ2) is 7.17. The SMILES string of the molecule is CC(C)Sc1ccc(CCC2COCCN2)cc1. The Bertz CT molecular complexity index is 344. The van der Waals surface area contributed by atoms with Crippen LogP contribution in [0.4, 0.5) is 0 Å². The molecule has 1 aliphatic heterocycles. The molecule has 2 rings (SSSR count). The first kappa shape index (κ1) is 13.9. The Morgan fingerprint density at radius 1 is 1.33 bits per heavy atom. The van der Waals surface area contributed by atoms with Gasteiger partial charge < -0.3 is 10.1 Å². The summed E-state index contributed by atoms with van der Waals surface area (Å²) in [4.78, 5) is 1.37. The van der Waals surface area contributed by atoms with Gasteiger partial charge in [-0.3, -0.25) is 0 Å². The summed E-state index contributed by atoms with van der Waals surface area (Å²) in [6, 6.07) is 9.53. The fraction of sp³-hybridized carbons (Fsp3) is 0.600. The van der Waals surface area contributed by atoms with E-state index in [2.05, 4.69) is 43.4 Å². The maximum Gasteiger partial charge on any atom is 0.0620 e. The quantitative estimate of drug-likeness (QED) is 0.827. The van der Waals surface area contributed by atoms with Crippen LogP contribution in [0.5, 0.6) is 0 Å². The average Bonchev–Trinajstić information content (AvgIpc) is 2.38.